The number of hydrogen-bond donors (Lipinski definition) is 1. The fraction of sp³-hybridized carbons (Fsp3) is 0.308. The lowest BCUT2D eigenvalue weighted by molar-refractivity contribution is -0.128. The highest BCUT2D eigenvalue weighted by Gasteiger charge is 2.32. The molecule has 2 aliphatic heterocycles. The molecule has 0 unspecified atom stereocenters. The zero-order chi connectivity index (χ0) is 24.5. The quantitative estimate of drug-likeness (QED) is 0.578. The van der Waals surface area contributed by atoms with Gasteiger partial charge in [-0.3, -0.25) is 4.79 Å². The Balaban J connectivity index is 1.65. The van der Waals surface area contributed by atoms with Crippen molar-refractivity contribution >= 4 is 22.6 Å². The first-order valence-corrected chi connectivity index (χ1v) is 11.5. The zero-order valence-electron chi connectivity index (χ0n) is 19.1. The van der Waals surface area contributed by atoms with Crippen molar-refractivity contribution in [1.29, 1.82) is 5.26 Å². The molecule has 0 radical (unpaired) electrons. The average molecular weight is 474 g/mol. The van der Waals surface area contributed by atoms with E-state index in [0.717, 1.165) is 12.0 Å². The van der Waals surface area contributed by atoms with E-state index in [2.05, 4.69) is 22.6 Å². The van der Waals surface area contributed by atoms with Gasteiger partial charge in [-0.15, -0.1) is 0 Å². The number of halogens is 1. The van der Waals surface area contributed by atoms with Crippen LogP contribution in [-0.2, 0) is 11.2 Å². The van der Waals surface area contributed by atoms with Crippen LogP contribution < -0.4 is 9.64 Å². The molecule has 9 heteroatoms. The van der Waals surface area contributed by atoms with E-state index in [9.17, 15) is 19.6 Å². The minimum Gasteiger partial charge on any atom is -0.507 e. The van der Waals surface area contributed by atoms with Gasteiger partial charge in [0.2, 0.25) is 5.91 Å². The highest BCUT2D eigenvalue weighted by Crippen LogP contribution is 2.45. The van der Waals surface area contributed by atoms with Crippen molar-refractivity contribution in [2.75, 3.05) is 31.1 Å². The van der Waals surface area contributed by atoms with Crippen LogP contribution in [0.2, 0.25) is 0 Å². The number of carbonyl (C=O) groups excluding carboxylic acids is 1. The predicted octanol–water partition coefficient (Wildman–Crippen LogP) is 3.58. The largest absolute Gasteiger partial charge is 0.507 e. The first-order valence-electron chi connectivity index (χ1n) is 11.5. The van der Waals surface area contributed by atoms with Crippen molar-refractivity contribution in [2.24, 2.45) is 0 Å². The Bertz CT molecular complexity index is 1350. The number of fused-ring (bicyclic) bond motifs is 3. The number of hydrogen-bond acceptors (Lipinski definition) is 7. The summed E-state index contributed by atoms with van der Waals surface area (Å²) in [7, 11) is 0. The topological polar surface area (TPSA) is 103 Å². The second-order valence-corrected chi connectivity index (χ2v) is 8.61. The maximum Gasteiger partial charge on any atom is 0.246 e. The molecule has 0 spiro atoms. The van der Waals surface area contributed by atoms with Gasteiger partial charge in [-0.25, -0.2) is 14.4 Å². The summed E-state index contributed by atoms with van der Waals surface area (Å²) in [6.07, 6.45) is 4.31. The van der Waals surface area contributed by atoms with E-state index < -0.39 is 5.82 Å². The number of phenolic OH excluding ortho intramolecular Hbond substituents is 1. The van der Waals surface area contributed by atoms with Gasteiger partial charge in [0.15, 0.2) is 0 Å². The Morgan fingerprint density at radius 3 is 3.00 bits per heavy atom. The molecule has 1 atom stereocenters. The summed E-state index contributed by atoms with van der Waals surface area (Å²) in [4.78, 5) is 25.0. The van der Waals surface area contributed by atoms with Crippen LogP contribution in [0.1, 0.15) is 18.4 Å². The molecule has 0 saturated carbocycles. The van der Waals surface area contributed by atoms with Crippen molar-refractivity contribution in [2.45, 2.75) is 25.3 Å². The van der Waals surface area contributed by atoms with E-state index >= 15 is 0 Å². The van der Waals surface area contributed by atoms with Gasteiger partial charge in [-0.2, -0.15) is 5.26 Å². The minimum absolute atomic E-state index is 0.127. The van der Waals surface area contributed by atoms with Gasteiger partial charge >= 0.3 is 0 Å². The first-order chi connectivity index (χ1) is 17.0. The molecular formula is C26H24FN5O3. The molecule has 0 aliphatic carbocycles. The van der Waals surface area contributed by atoms with Crippen LogP contribution in [0.3, 0.4) is 0 Å². The van der Waals surface area contributed by atoms with Gasteiger partial charge in [0.05, 0.1) is 41.6 Å². The molecular weight excluding hydrogens is 449 g/mol. The Hall–Kier alpha value is -4.19. The van der Waals surface area contributed by atoms with Crippen LogP contribution in [0.5, 0.6) is 11.5 Å². The number of anilines is 1. The van der Waals surface area contributed by atoms with E-state index in [1.807, 2.05) is 4.90 Å². The number of carbonyl (C=O) groups is 1. The molecule has 35 heavy (non-hydrogen) atoms. The number of nitrogens with zero attached hydrogens (tertiary/aromatic N) is 5. The molecule has 0 bridgehead atoms. The Morgan fingerprint density at radius 1 is 1.37 bits per heavy atom. The number of phenols is 1. The van der Waals surface area contributed by atoms with E-state index in [-0.39, 0.29) is 29.7 Å². The molecule has 3 heterocycles. The second-order valence-electron chi connectivity index (χ2n) is 8.61. The Morgan fingerprint density at radius 2 is 2.23 bits per heavy atom. The summed E-state index contributed by atoms with van der Waals surface area (Å²) in [5.41, 5.74) is 2.04. The number of ether oxygens (including phenoxy) is 1. The molecule has 3 aromatic rings. The average Bonchev–Trinajstić information content (AvgIpc) is 2.88. The van der Waals surface area contributed by atoms with Gasteiger partial charge in [-0.05, 0) is 42.7 Å². The second kappa shape index (κ2) is 9.22. The Kier molecular flexibility index (Phi) is 5.95. The number of piperazine rings is 1. The van der Waals surface area contributed by atoms with E-state index in [1.165, 1.54) is 30.6 Å². The monoisotopic (exact) mass is 473 g/mol. The summed E-state index contributed by atoms with van der Waals surface area (Å²) in [5, 5.41) is 20.5. The van der Waals surface area contributed by atoms with E-state index in [1.54, 1.807) is 11.0 Å². The molecule has 1 amide bonds. The maximum atomic E-state index is 14.8. The van der Waals surface area contributed by atoms with Gasteiger partial charge in [0, 0.05) is 25.2 Å². The van der Waals surface area contributed by atoms with Gasteiger partial charge in [-0.1, -0.05) is 12.6 Å². The van der Waals surface area contributed by atoms with Crippen molar-refractivity contribution < 1.29 is 19.0 Å². The van der Waals surface area contributed by atoms with Gasteiger partial charge < -0.3 is 19.6 Å². The van der Waals surface area contributed by atoms with Crippen LogP contribution in [0.15, 0.2) is 43.2 Å². The third-order valence-corrected chi connectivity index (χ3v) is 6.61. The fourth-order valence-electron chi connectivity index (χ4n) is 5.02. The highest BCUT2D eigenvalue weighted by molar-refractivity contribution is 6.00. The number of amides is 1. The lowest BCUT2D eigenvalue weighted by Gasteiger charge is -2.41. The summed E-state index contributed by atoms with van der Waals surface area (Å²) in [6, 6.07) is 7.88. The third-order valence-electron chi connectivity index (χ3n) is 6.61. The molecule has 1 fully saturated rings. The zero-order valence-corrected chi connectivity index (χ0v) is 19.1. The maximum absolute atomic E-state index is 14.8. The lowest BCUT2D eigenvalue weighted by atomic mass is 9.91. The minimum atomic E-state index is -0.520. The predicted molar refractivity (Wildman–Crippen MR) is 129 cm³/mol. The summed E-state index contributed by atoms with van der Waals surface area (Å²) < 4.78 is 20.9. The number of benzene rings is 2. The van der Waals surface area contributed by atoms with Gasteiger partial charge in [0.1, 0.15) is 29.5 Å². The normalized spacial score (nSPS) is 17.4. The standard InChI is InChI=1S/C26H24FN5O3/c1-2-22(34)32-11-10-31(14-16(32)8-9-28)26-24-20(29-15-30-26)13-18(17-5-4-12-35-25(17)24)23-19(27)6-3-7-21(23)33/h2-3,6-7,13,15-16,33H,1,4-5,8,10-12,14H2/t16-/m0/s1. The molecule has 178 valence electrons. The van der Waals surface area contributed by atoms with Crippen LogP contribution >= 0.6 is 0 Å². The molecule has 2 aromatic carbocycles. The Labute approximate surface area is 201 Å². The summed E-state index contributed by atoms with van der Waals surface area (Å²) >= 11 is 0. The van der Waals surface area contributed by atoms with Crippen molar-refractivity contribution in [3.63, 3.8) is 0 Å². The van der Waals surface area contributed by atoms with Gasteiger partial charge in [0.25, 0.3) is 0 Å². The number of nitriles is 1. The molecule has 8 nitrogen and oxygen atoms in total. The van der Waals surface area contributed by atoms with Crippen LogP contribution in [0, 0.1) is 17.1 Å². The molecule has 1 saturated heterocycles. The van der Waals surface area contributed by atoms with Crippen molar-refractivity contribution in [3.05, 3.63) is 54.6 Å². The fourth-order valence-corrected chi connectivity index (χ4v) is 5.02. The third kappa shape index (κ3) is 3.91. The van der Waals surface area contributed by atoms with Crippen LogP contribution in [-0.4, -0.2) is 58.2 Å². The summed E-state index contributed by atoms with van der Waals surface area (Å²) in [6.45, 7) is 5.43. The highest BCUT2D eigenvalue weighted by atomic mass is 19.1. The SMILES string of the molecule is C=CC(=O)N1CCN(c2ncnc3cc(-c4c(O)cccc4F)c4c(c23)OCCC4)C[C@@H]1CC#N. The number of rotatable bonds is 4. The van der Waals surface area contributed by atoms with Crippen molar-refractivity contribution in [3.8, 4) is 28.7 Å². The smallest absolute Gasteiger partial charge is 0.246 e. The molecule has 1 aromatic heterocycles. The summed E-state index contributed by atoms with van der Waals surface area (Å²) in [5.74, 6) is 0.365. The number of aromatic hydroxyl groups is 1. The van der Waals surface area contributed by atoms with E-state index in [0.29, 0.717) is 60.7 Å². The molecule has 2 aliphatic rings. The van der Waals surface area contributed by atoms with Crippen molar-refractivity contribution in [1.82, 2.24) is 14.9 Å². The van der Waals surface area contributed by atoms with Crippen LogP contribution in [0.25, 0.3) is 22.0 Å². The number of aromatic nitrogens is 2. The van der Waals surface area contributed by atoms with E-state index in [4.69, 9.17) is 4.74 Å². The lowest BCUT2D eigenvalue weighted by Crippen LogP contribution is -2.55. The first kappa shape index (κ1) is 22.6. The molecule has 5 rings (SSSR count). The molecule has 1 N–H and O–H groups in total. The van der Waals surface area contributed by atoms with Crippen LogP contribution in [0.4, 0.5) is 10.2 Å².